The van der Waals surface area contributed by atoms with Crippen LogP contribution in [0, 0.1) is 0 Å². The molecule has 0 aliphatic carbocycles. The molecule has 4 aromatic rings. The summed E-state index contributed by atoms with van der Waals surface area (Å²) in [7, 11) is 1.90. The fourth-order valence-electron chi connectivity index (χ4n) is 3.10. The summed E-state index contributed by atoms with van der Waals surface area (Å²) in [4.78, 5) is 12.2. The summed E-state index contributed by atoms with van der Waals surface area (Å²) in [6.45, 7) is -0.0501. The quantitative estimate of drug-likeness (QED) is 0.522. The van der Waals surface area contributed by atoms with Gasteiger partial charge < -0.3 is 10.1 Å². The van der Waals surface area contributed by atoms with Crippen LogP contribution >= 0.6 is 0 Å². The molecule has 0 spiro atoms. The number of nitrogens with one attached hydrogen (secondary N) is 1. The third kappa shape index (κ3) is 4.52. The standard InChI is InChI=1S/C24H21N3O2/c1-27-23(15-16-25-27)20-9-13-22(14-10-20)29-17-24(28)26-21-11-7-19(8-12-21)18-5-3-2-4-6-18/h2-16H,17H2,1H3,(H,26,28). The number of anilines is 1. The average molecular weight is 383 g/mol. The Morgan fingerprint density at radius 1 is 0.862 bits per heavy atom. The highest BCUT2D eigenvalue weighted by molar-refractivity contribution is 5.92. The minimum absolute atomic E-state index is 0.0501. The van der Waals surface area contributed by atoms with Crippen molar-refractivity contribution in [1.29, 1.82) is 0 Å². The van der Waals surface area contributed by atoms with E-state index in [-0.39, 0.29) is 12.5 Å². The average Bonchev–Trinajstić information content (AvgIpc) is 3.20. The highest BCUT2D eigenvalue weighted by Gasteiger charge is 2.06. The van der Waals surface area contributed by atoms with Gasteiger partial charge in [0.05, 0.1) is 5.69 Å². The Balaban J connectivity index is 1.31. The van der Waals surface area contributed by atoms with Gasteiger partial charge in [0, 0.05) is 24.5 Å². The van der Waals surface area contributed by atoms with E-state index < -0.39 is 0 Å². The van der Waals surface area contributed by atoms with E-state index in [0.29, 0.717) is 5.75 Å². The number of carbonyl (C=O) groups is 1. The molecule has 1 aromatic heterocycles. The third-order valence-electron chi connectivity index (χ3n) is 4.62. The fourth-order valence-corrected chi connectivity index (χ4v) is 3.10. The van der Waals surface area contributed by atoms with Gasteiger partial charge in [0.15, 0.2) is 6.61 Å². The summed E-state index contributed by atoms with van der Waals surface area (Å²) in [5.41, 5.74) is 5.05. The molecule has 0 saturated carbocycles. The lowest BCUT2D eigenvalue weighted by Gasteiger charge is -2.09. The monoisotopic (exact) mass is 383 g/mol. The second-order valence-electron chi connectivity index (χ2n) is 6.64. The lowest BCUT2D eigenvalue weighted by Crippen LogP contribution is -2.20. The molecule has 3 aromatic carbocycles. The van der Waals surface area contributed by atoms with Crippen LogP contribution in [-0.4, -0.2) is 22.3 Å². The summed E-state index contributed by atoms with van der Waals surface area (Å²) < 4.78 is 7.41. The molecule has 1 N–H and O–H groups in total. The summed E-state index contributed by atoms with van der Waals surface area (Å²) >= 11 is 0. The largest absolute Gasteiger partial charge is 0.484 e. The van der Waals surface area contributed by atoms with Gasteiger partial charge in [-0.1, -0.05) is 42.5 Å². The van der Waals surface area contributed by atoms with Crippen LogP contribution < -0.4 is 10.1 Å². The Bertz CT molecular complexity index is 1090. The first-order valence-electron chi connectivity index (χ1n) is 9.35. The molecule has 0 radical (unpaired) electrons. The number of amides is 1. The second kappa shape index (κ2) is 8.44. The van der Waals surface area contributed by atoms with E-state index in [9.17, 15) is 4.79 Å². The number of nitrogens with zero attached hydrogens (tertiary/aromatic N) is 2. The zero-order valence-electron chi connectivity index (χ0n) is 16.1. The third-order valence-corrected chi connectivity index (χ3v) is 4.62. The minimum Gasteiger partial charge on any atom is -0.484 e. The van der Waals surface area contributed by atoms with Gasteiger partial charge >= 0.3 is 0 Å². The van der Waals surface area contributed by atoms with Crippen molar-refractivity contribution >= 4 is 11.6 Å². The molecule has 1 heterocycles. The van der Waals surface area contributed by atoms with Crippen LogP contribution in [0.15, 0.2) is 91.1 Å². The highest BCUT2D eigenvalue weighted by atomic mass is 16.5. The molecule has 1 amide bonds. The van der Waals surface area contributed by atoms with Gasteiger partial charge in [0.25, 0.3) is 5.91 Å². The summed E-state index contributed by atoms with van der Waals surface area (Å²) in [6.07, 6.45) is 1.76. The molecule has 0 fully saturated rings. The van der Waals surface area contributed by atoms with Gasteiger partial charge in [-0.3, -0.25) is 9.48 Å². The first-order chi connectivity index (χ1) is 14.2. The number of aromatic nitrogens is 2. The Morgan fingerprint density at radius 2 is 1.52 bits per heavy atom. The van der Waals surface area contributed by atoms with Gasteiger partial charge in [0.1, 0.15) is 5.75 Å². The zero-order valence-corrected chi connectivity index (χ0v) is 16.1. The molecule has 29 heavy (non-hydrogen) atoms. The second-order valence-corrected chi connectivity index (χ2v) is 6.64. The van der Waals surface area contributed by atoms with E-state index in [1.807, 2.05) is 84.5 Å². The predicted octanol–water partition coefficient (Wildman–Crippen LogP) is 4.77. The van der Waals surface area contributed by atoms with Crippen LogP contribution in [0.3, 0.4) is 0 Å². The van der Waals surface area contributed by atoms with Crippen LogP contribution in [0.1, 0.15) is 0 Å². The molecule has 5 heteroatoms. The van der Waals surface area contributed by atoms with Crippen LogP contribution in [-0.2, 0) is 11.8 Å². The maximum absolute atomic E-state index is 12.2. The van der Waals surface area contributed by atoms with Gasteiger partial charge in [-0.25, -0.2) is 0 Å². The molecule has 4 rings (SSSR count). The molecule has 0 aliphatic heterocycles. The van der Waals surface area contributed by atoms with Crippen molar-refractivity contribution in [2.24, 2.45) is 7.05 Å². The topological polar surface area (TPSA) is 56.2 Å². The van der Waals surface area contributed by atoms with Gasteiger partial charge in [0.2, 0.25) is 0 Å². The molecule has 0 bridgehead atoms. The van der Waals surface area contributed by atoms with Crippen molar-refractivity contribution < 1.29 is 9.53 Å². The Hall–Kier alpha value is -3.86. The normalized spacial score (nSPS) is 10.5. The zero-order chi connectivity index (χ0) is 20.1. The molecular formula is C24H21N3O2. The first kappa shape index (κ1) is 18.5. The van der Waals surface area contributed by atoms with E-state index in [0.717, 1.165) is 28.1 Å². The summed E-state index contributed by atoms with van der Waals surface area (Å²) in [6, 6.07) is 27.4. The number of benzene rings is 3. The van der Waals surface area contributed by atoms with Crippen LogP contribution in [0.25, 0.3) is 22.4 Å². The maximum Gasteiger partial charge on any atom is 0.262 e. The van der Waals surface area contributed by atoms with Crippen molar-refractivity contribution in [3.63, 3.8) is 0 Å². The molecule has 144 valence electrons. The fraction of sp³-hybridized carbons (Fsp3) is 0.0833. The van der Waals surface area contributed by atoms with Crippen molar-refractivity contribution in [3.8, 4) is 28.1 Å². The van der Waals surface area contributed by atoms with Crippen LogP contribution in [0.2, 0.25) is 0 Å². The minimum atomic E-state index is -0.201. The lowest BCUT2D eigenvalue weighted by molar-refractivity contribution is -0.118. The molecular weight excluding hydrogens is 362 g/mol. The molecule has 0 aliphatic rings. The van der Waals surface area contributed by atoms with Gasteiger partial charge in [-0.05, 0) is 53.6 Å². The van der Waals surface area contributed by atoms with Gasteiger partial charge in [-0.2, -0.15) is 5.10 Å². The van der Waals surface area contributed by atoms with E-state index in [4.69, 9.17) is 4.74 Å². The first-order valence-corrected chi connectivity index (χ1v) is 9.35. The van der Waals surface area contributed by atoms with E-state index >= 15 is 0 Å². The van der Waals surface area contributed by atoms with Crippen molar-refractivity contribution in [3.05, 3.63) is 91.1 Å². The molecule has 5 nitrogen and oxygen atoms in total. The number of carbonyl (C=O) groups excluding carboxylic acids is 1. The van der Waals surface area contributed by atoms with Crippen molar-refractivity contribution in [1.82, 2.24) is 9.78 Å². The summed E-state index contributed by atoms with van der Waals surface area (Å²) in [5.74, 6) is 0.443. The summed E-state index contributed by atoms with van der Waals surface area (Å²) in [5, 5.41) is 7.03. The van der Waals surface area contributed by atoms with Crippen LogP contribution in [0.5, 0.6) is 5.75 Å². The van der Waals surface area contributed by atoms with E-state index in [1.54, 1.807) is 6.20 Å². The predicted molar refractivity (Wildman–Crippen MR) is 115 cm³/mol. The van der Waals surface area contributed by atoms with Gasteiger partial charge in [-0.15, -0.1) is 0 Å². The maximum atomic E-state index is 12.2. The van der Waals surface area contributed by atoms with Crippen LogP contribution in [0.4, 0.5) is 5.69 Å². The van der Waals surface area contributed by atoms with E-state index in [1.165, 1.54) is 0 Å². The number of ether oxygens (including phenoxy) is 1. The van der Waals surface area contributed by atoms with Crippen molar-refractivity contribution in [2.75, 3.05) is 11.9 Å². The lowest BCUT2D eigenvalue weighted by atomic mass is 10.1. The Kier molecular flexibility index (Phi) is 5.38. The Morgan fingerprint density at radius 3 is 2.17 bits per heavy atom. The number of hydrogen-bond acceptors (Lipinski definition) is 3. The molecule has 0 atom stereocenters. The molecule has 0 unspecified atom stereocenters. The highest BCUT2D eigenvalue weighted by Crippen LogP contribution is 2.22. The number of aryl methyl sites for hydroxylation is 1. The number of hydrogen-bond donors (Lipinski definition) is 1. The SMILES string of the molecule is Cn1nccc1-c1ccc(OCC(=O)Nc2ccc(-c3ccccc3)cc2)cc1. The van der Waals surface area contributed by atoms with E-state index in [2.05, 4.69) is 22.5 Å². The van der Waals surface area contributed by atoms with Crippen molar-refractivity contribution in [2.45, 2.75) is 0 Å². The number of rotatable bonds is 6. The Labute approximate surface area is 169 Å². The molecule has 0 saturated heterocycles. The smallest absolute Gasteiger partial charge is 0.262 e.